The van der Waals surface area contributed by atoms with Gasteiger partial charge in [-0.1, -0.05) is 41.6 Å². The Morgan fingerprint density at radius 1 is 1.21 bits per heavy atom. The summed E-state index contributed by atoms with van der Waals surface area (Å²) < 4.78 is 1.21. The van der Waals surface area contributed by atoms with Crippen molar-refractivity contribution in [1.29, 1.82) is 0 Å². The Morgan fingerprint density at radius 2 is 1.95 bits per heavy atom. The van der Waals surface area contributed by atoms with Crippen LogP contribution in [0.15, 0.2) is 34.0 Å². The number of piperidine rings is 1. The van der Waals surface area contributed by atoms with Crippen LogP contribution in [-0.4, -0.2) is 23.3 Å². The van der Waals surface area contributed by atoms with Gasteiger partial charge in [0.15, 0.2) is 4.34 Å². The molecule has 1 saturated heterocycles. The number of thioether (sulfide) groups is 1. The van der Waals surface area contributed by atoms with Crippen molar-refractivity contribution < 1.29 is 0 Å². The summed E-state index contributed by atoms with van der Waals surface area (Å²) in [4.78, 5) is 4.77. The molecule has 2 heterocycles. The van der Waals surface area contributed by atoms with Gasteiger partial charge in [-0.15, -0.1) is 11.3 Å². The van der Waals surface area contributed by atoms with Crippen molar-refractivity contribution in [3.8, 4) is 11.3 Å². The van der Waals surface area contributed by atoms with Gasteiger partial charge in [0.25, 0.3) is 0 Å². The average molecular weight is 290 g/mol. The van der Waals surface area contributed by atoms with Crippen LogP contribution in [0.1, 0.15) is 18.4 Å². The third-order valence-corrected chi connectivity index (χ3v) is 5.69. The Hall–Kier alpha value is -0.840. The monoisotopic (exact) mass is 290 g/mol. The van der Waals surface area contributed by atoms with Crippen molar-refractivity contribution in [1.82, 2.24) is 10.3 Å². The highest BCUT2D eigenvalue weighted by Gasteiger charge is 2.16. The second-order valence-corrected chi connectivity index (χ2v) is 7.34. The summed E-state index contributed by atoms with van der Waals surface area (Å²) in [6, 6.07) is 8.61. The zero-order chi connectivity index (χ0) is 13.1. The molecule has 100 valence electrons. The summed E-state index contributed by atoms with van der Waals surface area (Å²) in [5.74, 6) is 0. The lowest BCUT2D eigenvalue weighted by atomic mass is 10.1. The van der Waals surface area contributed by atoms with Crippen LogP contribution < -0.4 is 5.32 Å². The van der Waals surface area contributed by atoms with Crippen molar-refractivity contribution in [3.05, 3.63) is 35.2 Å². The van der Waals surface area contributed by atoms with E-state index in [1.165, 1.54) is 28.3 Å². The zero-order valence-corrected chi connectivity index (χ0v) is 12.7. The molecule has 0 amide bonds. The molecule has 0 spiro atoms. The topological polar surface area (TPSA) is 24.9 Å². The molecule has 4 heteroatoms. The van der Waals surface area contributed by atoms with Crippen LogP contribution in [0.4, 0.5) is 0 Å². The van der Waals surface area contributed by atoms with Gasteiger partial charge in [-0.25, -0.2) is 4.98 Å². The normalized spacial score (nSPS) is 16.7. The summed E-state index contributed by atoms with van der Waals surface area (Å²) in [6.07, 6.45) is 2.51. The van der Waals surface area contributed by atoms with E-state index >= 15 is 0 Å². The average Bonchev–Trinajstić information content (AvgIpc) is 2.89. The van der Waals surface area contributed by atoms with E-state index in [0.29, 0.717) is 0 Å². The molecule has 0 atom stereocenters. The van der Waals surface area contributed by atoms with Crippen LogP contribution in [0.25, 0.3) is 11.3 Å². The van der Waals surface area contributed by atoms with E-state index in [-0.39, 0.29) is 0 Å². The number of hydrogen-bond donors (Lipinski definition) is 1. The minimum absolute atomic E-state index is 0.735. The smallest absolute Gasteiger partial charge is 0.150 e. The molecule has 1 aromatic carbocycles. The zero-order valence-electron chi connectivity index (χ0n) is 11.1. The molecule has 2 nitrogen and oxygen atoms in total. The highest BCUT2D eigenvalue weighted by molar-refractivity contribution is 8.01. The molecule has 0 saturated carbocycles. The van der Waals surface area contributed by atoms with Crippen LogP contribution in [-0.2, 0) is 0 Å². The van der Waals surface area contributed by atoms with Gasteiger partial charge in [0, 0.05) is 16.2 Å². The van der Waals surface area contributed by atoms with E-state index in [2.05, 4.69) is 41.9 Å². The third kappa shape index (κ3) is 3.38. The minimum atomic E-state index is 0.735. The van der Waals surface area contributed by atoms with Gasteiger partial charge in [0.1, 0.15) is 0 Å². The first-order valence-corrected chi connectivity index (χ1v) is 8.47. The summed E-state index contributed by atoms with van der Waals surface area (Å²) in [5, 5.41) is 6.32. The van der Waals surface area contributed by atoms with Crippen molar-refractivity contribution in [2.75, 3.05) is 13.1 Å². The lowest BCUT2D eigenvalue weighted by Crippen LogP contribution is -2.29. The van der Waals surface area contributed by atoms with Gasteiger partial charge in [0.2, 0.25) is 0 Å². The minimum Gasteiger partial charge on any atom is -0.317 e. The SMILES string of the molecule is Cc1ccc(-c2csc(SC3CCNCC3)n2)cc1. The van der Waals surface area contributed by atoms with E-state index in [0.717, 1.165) is 24.0 Å². The molecule has 0 bridgehead atoms. The maximum Gasteiger partial charge on any atom is 0.150 e. The molecule has 1 aromatic heterocycles. The number of benzene rings is 1. The lowest BCUT2D eigenvalue weighted by molar-refractivity contribution is 0.531. The molecular weight excluding hydrogens is 272 g/mol. The number of nitrogens with zero attached hydrogens (tertiary/aromatic N) is 1. The van der Waals surface area contributed by atoms with Crippen LogP contribution in [0, 0.1) is 6.92 Å². The molecule has 1 aliphatic heterocycles. The molecule has 0 radical (unpaired) electrons. The molecule has 0 unspecified atom stereocenters. The van der Waals surface area contributed by atoms with Crippen LogP contribution in [0.2, 0.25) is 0 Å². The van der Waals surface area contributed by atoms with Gasteiger partial charge in [0.05, 0.1) is 5.69 Å². The maximum absolute atomic E-state index is 4.77. The summed E-state index contributed by atoms with van der Waals surface area (Å²) in [6.45, 7) is 4.41. The Kier molecular flexibility index (Phi) is 4.21. The standard InChI is InChI=1S/C15H18N2S2/c1-11-2-4-12(5-3-11)14-10-18-15(17-14)19-13-6-8-16-9-7-13/h2-5,10,13,16H,6-9H2,1H3. The lowest BCUT2D eigenvalue weighted by Gasteiger charge is -2.20. The van der Waals surface area contributed by atoms with Gasteiger partial charge in [-0.2, -0.15) is 0 Å². The summed E-state index contributed by atoms with van der Waals surface area (Å²) in [7, 11) is 0. The number of aryl methyl sites for hydroxylation is 1. The molecule has 1 fully saturated rings. The third-order valence-electron chi connectivity index (χ3n) is 3.38. The Bertz CT molecular complexity index is 527. The van der Waals surface area contributed by atoms with Crippen molar-refractivity contribution >= 4 is 23.1 Å². The quantitative estimate of drug-likeness (QED) is 0.926. The summed E-state index contributed by atoms with van der Waals surface area (Å²) in [5.41, 5.74) is 3.63. The van der Waals surface area contributed by atoms with E-state index in [9.17, 15) is 0 Å². The fraction of sp³-hybridized carbons (Fsp3) is 0.400. The van der Waals surface area contributed by atoms with Gasteiger partial charge < -0.3 is 5.32 Å². The fourth-order valence-corrected chi connectivity index (χ4v) is 4.46. The number of rotatable bonds is 3. The first-order valence-electron chi connectivity index (χ1n) is 6.71. The Balaban J connectivity index is 1.70. The van der Waals surface area contributed by atoms with Crippen LogP contribution in [0.3, 0.4) is 0 Å². The van der Waals surface area contributed by atoms with Crippen LogP contribution >= 0.6 is 23.1 Å². The van der Waals surface area contributed by atoms with Crippen molar-refractivity contribution in [3.63, 3.8) is 0 Å². The van der Waals surface area contributed by atoms with Crippen molar-refractivity contribution in [2.45, 2.75) is 29.4 Å². The molecule has 19 heavy (non-hydrogen) atoms. The van der Waals surface area contributed by atoms with Gasteiger partial charge in [-0.05, 0) is 32.9 Å². The van der Waals surface area contributed by atoms with E-state index in [4.69, 9.17) is 4.98 Å². The van der Waals surface area contributed by atoms with E-state index in [1.54, 1.807) is 11.3 Å². The summed E-state index contributed by atoms with van der Waals surface area (Å²) >= 11 is 3.72. The van der Waals surface area contributed by atoms with E-state index < -0.39 is 0 Å². The van der Waals surface area contributed by atoms with Gasteiger partial charge >= 0.3 is 0 Å². The molecular formula is C15H18N2S2. The largest absolute Gasteiger partial charge is 0.317 e. The molecule has 2 aromatic rings. The molecule has 0 aliphatic carbocycles. The Labute approximate surface area is 122 Å². The first-order chi connectivity index (χ1) is 9.31. The number of aromatic nitrogens is 1. The fourth-order valence-electron chi connectivity index (χ4n) is 2.22. The Morgan fingerprint density at radius 3 is 2.68 bits per heavy atom. The second-order valence-electron chi connectivity index (χ2n) is 4.93. The maximum atomic E-state index is 4.77. The highest BCUT2D eigenvalue weighted by atomic mass is 32.2. The predicted octanol–water partition coefficient (Wildman–Crippen LogP) is 3.96. The molecule has 1 aliphatic rings. The predicted molar refractivity (Wildman–Crippen MR) is 84.0 cm³/mol. The number of hydrogen-bond acceptors (Lipinski definition) is 4. The first kappa shape index (κ1) is 13.2. The highest BCUT2D eigenvalue weighted by Crippen LogP contribution is 2.33. The molecule has 3 rings (SSSR count). The molecule has 1 N–H and O–H groups in total. The van der Waals surface area contributed by atoms with Crippen LogP contribution in [0.5, 0.6) is 0 Å². The number of thiazole rings is 1. The van der Waals surface area contributed by atoms with Crippen molar-refractivity contribution in [2.24, 2.45) is 0 Å². The number of nitrogens with one attached hydrogen (secondary N) is 1. The van der Waals surface area contributed by atoms with E-state index in [1.807, 2.05) is 11.8 Å². The second kappa shape index (κ2) is 6.07. The van der Waals surface area contributed by atoms with Gasteiger partial charge in [-0.3, -0.25) is 0 Å².